The lowest BCUT2D eigenvalue weighted by Crippen LogP contribution is -2.35. The Kier molecular flexibility index (Phi) is 3.27. The molecule has 1 atom stereocenters. The maximum Gasteiger partial charge on any atom is 0.108 e. The zero-order valence-corrected chi connectivity index (χ0v) is 10.7. The van der Waals surface area contributed by atoms with Crippen LogP contribution in [0, 0.1) is 5.92 Å². The number of nitrogens with zero attached hydrogens (tertiary/aromatic N) is 2. The van der Waals surface area contributed by atoms with E-state index < -0.39 is 5.60 Å². The molecule has 1 heterocycles. The second kappa shape index (κ2) is 4.38. The van der Waals surface area contributed by atoms with Gasteiger partial charge < -0.3 is 5.11 Å². The third kappa shape index (κ3) is 1.98. The first-order valence-corrected chi connectivity index (χ1v) is 6.31. The largest absolute Gasteiger partial charge is 0.384 e. The summed E-state index contributed by atoms with van der Waals surface area (Å²) in [4.78, 5) is 0. The van der Waals surface area contributed by atoms with Gasteiger partial charge in [-0.3, -0.25) is 4.68 Å². The summed E-state index contributed by atoms with van der Waals surface area (Å²) in [6.07, 6.45) is 7.45. The van der Waals surface area contributed by atoms with E-state index in [1.165, 1.54) is 19.3 Å². The van der Waals surface area contributed by atoms with Crippen LogP contribution in [-0.2, 0) is 12.6 Å². The van der Waals surface area contributed by atoms with Gasteiger partial charge in [0, 0.05) is 7.05 Å². The van der Waals surface area contributed by atoms with Crippen molar-refractivity contribution in [1.82, 2.24) is 9.78 Å². The fourth-order valence-electron chi connectivity index (χ4n) is 2.84. The summed E-state index contributed by atoms with van der Waals surface area (Å²) in [5, 5.41) is 15.4. The van der Waals surface area contributed by atoms with Crippen LogP contribution in [0.5, 0.6) is 0 Å². The maximum atomic E-state index is 10.7. The van der Waals surface area contributed by atoms with E-state index in [-0.39, 0.29) is 0 Å². The molecular weight excluding hydrogens is 224 g/mol. The van der Waals surface area contributed by atoms with Crippen LogP contribution in [0.3, 0.4) is 0 Å². The number of aliphatic hydroxyl groups is 1. The maximum absolute atomic E-state index is 10.7. The van der Waals surface area contributed by atoms with E-state index in [0.717, 1.165) is 18.5 Å². The molecule has 4 heteroatoms. The highest BCUT2D eigenvalue weighted by Gasteiger charge is 2.38. The fraction of sp³-hybridized carbons (Fsp3) is 0.750. The minimum absolute atomic E-state index is 0.300. The summed E-state index contributed by atoms with van der Waals surface area (Å²) in [6, 6.07) is 0. The van der Waals surface area contributed by atoms with Gasteiger partial charge in [-0.1, -0.05) is 30.9 Å². The van der Waals surface area contributed by atoms with Crippen LogP contribution in [0.2, 0.25) is 5.02 Å². The van der Waals surface area contributed by atoms with Crippen LogP contribution in [0.4, 0.5) is 0 Å². The average molecular weight is 243 g/mol. The molecule has 1 unspecified atom stereocenters. The first-order valence-electron chi connectivity index (χ1n) is 5.94. The fourth-order valence-corrected chi connectivity index (χ4v) is 3.20. The van der Waals surface area contributed by atoms with Crippen LogP contribution >= 0.6 is 11.6 Å². The highest BCUT2D eigenvalue weighted by molar-refractivity contribution is 6.31. The molecule has 1 aliphatic rings. The van der Waals surface area contributed by atoms with Crippen LogP contribution in [0.25, 0.3) is 0 Å². The van der Waals surface area contributed by atoms with Crippen LogP contribution in [0.15, 0.2) is 6.20 Å². The van der Waals surface area contributed by atoms with Gasteiger partial charge in [-0.25, -0.2) is 0 Å². The predicted octanol–water partition coefficient (Wildman–Crippen LogP) is 2.86. The Morgan fingerprint density at radius 1 is 1.44 bits per heavy atom. The molecule has 1 saturated carbocycles. The highest BCUT2D eigenvalue weighted by atomic mass is 35.5. The second-order valence-electron chi connectivity index (χ2n) is 4.95. The Labute approximate surface area is 101 Å². The number of halogens is 1. The van der Waals surface area contributed by atoms with E-state index in [1.807, 2.05) is 14.0 Å². The van der Waals surface area contributed by atoms with E-state index in [2.05, 4.69) is 5.10 Å². The van der Waals surface area contributed by atoms with Gasteiger partial charge >= 0.3 is 0 Å². The van der Waals surface area contributed by atoms with E-state index in [4.69, 9.17) is 11.6 Å². The molecule has 1 aromatic rings. The lowest BCUT2D eigenvalue weighted by Gasteiger charge is -2.35. The molecule has 0 aliphatic heterocycles. The van der Waals surface area contributed by atoms with Crippen LogP contribution in [0.1, 0.15) is 44.7 Å². The number of aryl methyl sites for hydroxylation is 1. The monoisotopic (exact) mass is 242 g/mol. The van der Waals surface area contributed by atoms with Crippen LogP contribution in [-0.4, -0.2) is 14.9 Å². The smallest absolute Gasteiger partial charge is 0.108 e. The normalized spacial score (nSPS) is 22.0. The molecule has 1 aromatic heterocycles. The molecule has 0 spiro atoms. The quantitative estimate of drug-likeness (QED) is 0.866. The van der Waals surface area contributed by atoms with Crippen molar-refractivity contribution in [1.29, 1.82) is 0 Å². The summed E-state index contributed by atoms with van der Waals surface area (Å²) in [7, 11) is 1.83. The third-order valence-electron chi connectivity index (χ3n) is 3.77. The van der Waals surface area contributed by atoms with Crippen molar-refractivity contribution in [2.75, 3.05) is 0 Å². The van der Waals surface area contributed by atoms with Crippen molar-refractivity contribution >= 4 is 11.6 Å². The first-order chi connectivity index (χ1) is 7.53. The Morgan fingerprint density at radius 2 is 2.06 bits per heavy atom. The Bertz CT molecular complexity index is 348. The topological polar surface area (TPSA) is 38.0 Å². The molecule has 1 aliphatic carbocycles. The molecule has 1 N–H and O–H groups in total. The molecule has 0 saturated heterocycles. The van der Waals surface area contributed by atoms with Crippen molar-refractivity contribution < 1.29 is 5.11 Å². The summed E-state index contributed by atoms with van der Waals surface area (Å²) in [5.41, 5.74) is -0.107. The van der Waals surface area contributed by atoms with Crippen molar-refractivity contribution in [2.24, 2.45) is 13.0 Å². The van der Waals surface area contributed by atoms with Gasteiger partial charge in [0.25, 0.3) is 0 Å². The van der Waals surface area contributed by atoms with Crippen LogP contribution < -0.4 is 0 Å². The minimum atomic E-state index is -0.858. The van der Waals surface area contributed by atoms with E-state index in [0.29, 0.717) is 10.9 Å². The molecule has 0 bridgehead atoms. The zero-order chi connectivity index (χ0) is 11.8. The molecule has 1 fully saturated rings. The van der Waals surface area contributed by atoms with Crippen molar-refractivity contribution in [2.45, 2.75) is 44.6 Å². The van der Waals surface area contributed by atoms with Crippen molar-refractivity contribution in [3.8, 4) is 0 Å². The van der Waals surface area contributed by atoms with E-state index >= 15 is 0 Å². The number of rotatable bonds is 2. The van der Waals surface area contributed by atoms with Gasteiger partial charge in [0.2, 0.25) is 0 Å². The summed E-state index contributed by atoms with van der Waals surface area (Å²) in [6.45, 7) is 1.87. The second-order valence-corrected chi connectivity index (χ2v) is 5.35. The lowest BCUT2D eigenvalue weighted by molar-refractivity contribution is -0.0280. The summed E-state index contributed by atoms with van der Waals surface area (Å²) < 4.78 is 1.69. The molecular formula is C12H19ClN2O. The number of hydrogen-bond donors (Lipinski definition) is 1. The Balaban J connectivity index is 2.29. The van der Waals surface area contributed by atoms with Gasteiger partial charge in [0.15, 0.2) is 0 Å². The van der Waals surface area contributed by atoms with Gasteiger partial charge in [0.05, 0.1) is 16.9 Å². The molecule has 3 nitrogen and oxygen atoms in total. The summed E-state index contributed by atoms with van der Waals surface area (Å²) >= 11 is 6.11. The molecule has 90 valence electrons. The molecule has 0 radical (unpaired) electrons. The average Bonchev–Trinajstić information content (AvgIpc) is 2.60. The number of hydrogen-bond acceptors (Lipinski definition) is 2. The van der Waals surface area contributed by atoms with E-state index in [9.17, 15) is 5.11 Å². The zero-order valence-electron chi connectivity index (χ0n) is 9.91. The number of aromatic nitrogens is 2. The minimum Gasteiger partial charge on any atom is -0.384 e. The van der Waals surface area contributed by atoms with Gasteiger partial charge in [0.1, 0.15) is 5.60 Å². The standard InChI is InChI=1S/C12H19ClN2O/c1-12(16,9-6-4-3-5-7-9)11-10(13)8-14-15(11)2/h8-9,16H,3-7H2,1-2H3. The molecule has 0 amide bonds. The van der Waals surface area contributed by atoms with Gasteiger partial charge in [-0.15, -0.1) is 0 Å². The molecule has 2 rings (SSSR count). The summed E-state index contributed by atoms with van der Waals surface area (Å²) in [5.74, 6) is 0.300. The van der Waals surface area contributed by atoms with Crippen molar-refractivity contribution in [3.63, 3.8) is 0 Å². The first kappa shape index (κ1) is 11.9. The SMILES string of the molecule is Cn1ncc(Cl)c1C(C)(O)C1CCCCC1. The molecule has 0 aromatic carbocycles. The highest BCUT2D eigenvalue weighted by Crippen LogP contribution is 2.41. The molecule has 16 heavy (non-hydrogen) atoms. The van der Waals surface area contributed by atoms with E-state index in [1.54, 1.807) is 10.9 Å². The van der Waals surface area contributed by atoms with Gasteiger partial charge in [-0.2, -0.15) is 5.10 Å². The lowest BCUT2D eigenvalue weighted by atomic mass is 9.76. The van der Waals surface area contributed by atoms with Crippen molar-refractivity contribution in [3.05, 3.63) is 16.9 Å². The third-order valence-corrected chi connectivity index (χ3v) is 4.05. The Hall–Kier alpha value is -0.540. The van der Waals surface area contributed by atoms with Gasteiger partial charge in [-0.05, 0) is 25.7 Å². The predicted molar refractivity (Wildman–Crippen MR) is 64.4 cm³/mol. The Morgan fingerprint density at radius 3 is 2.56 bits per heavy atom.